The van der Waals surface area contributed by atoms with Crippen molar-refractivity contribution in [1.29, 1.82) is 0 Å². The molecular weight excluding hydrogens is 320 g/mol. The minimum atomic E-state index is -2.12. The predicted octanol–water partition coefficient (Wildman–Crippen LogP) is 3.67. The number of hydrogen-bond acceptors (Lipinski definition) is 4. The zero-order valence-corrected chi connectivity index (χ0v) is 15.3. The Morgan fingerprint density at radius 2 is 1.27 bits per heavy atom. The third-order valence-corrected chi connectivity index (χ3v) is 4.83. The zero-order valence-electron chi connectivity index (χ0n) is 13.7. The van der Waals surface area contributed by atoms with Crippen molar-refractivity contribution >= 4 is 31.3 Å². The van der Waals surface area contributed by atoms with Crippen molar-refractivity contribution < 1.29 is 16.8 Å². The monoisotopic (exact) mass is 350 g/mol. The molecule has 0 aliphatic heterocycles. The van der Waals surface area contributed by atoms with Gasteiger partial charge < -0.3 is 0 Å². The van der Waals surface area contributed by atoms with Crippen LogP contribution < -0.4 is 0 Å². The Morgan fingerprint density at radius 1 is 0.727 bits per heavy atom. The van der Waals surface area contributed by atoms with Crippen LogP contribution in [0.15, 0.2) is 0 Å². The fourth-order valence-corrected chi connectivity index (χ4v) is 3.32. The molecule has 0 aliphatic carbocycles. The van der Waals surface area contributed by atoms with E-state index in [1.807, 2.05) is 0 Å². The highest BCUT2D eigenvalue weighted by atomic mass is 32.2. The van der Waals surface area contributed by atoms with E-state index >= 15 is 0 Å². The summed E-state index contributed by atoms with van der Waals surface area (Å²) in [6, 6.07) is 0. The van der Waals surface area contributed by atoms with Gasteiger partial charge in [0.25, 0.3) is 0 Å². The highest BCUT2D eigenvalue weighted by Gasteiger charge is 2.07. The third kappa shape index (κ3) is 15.8. The summed E-state index contributed by atoms with van der Waals surface area (Å²) in [4.78, 5) is 0. The van der Waals surface area contributed by atoms with Gasteiger partial charge >= 0.3 is 0 Å². The molecule has 4 nitrogen and oxygen atoms in total. The highest BCUT2D eigenvalue weighted by molar-refractivity contribution is 7.71. The maximum absolute atomic E-state index is 10.6. The number of rotatable bonds is 14. The summed E-state index contributed by atoms with van der Waals surface area (Å²) in [6.45, 7) is 2.21. The SMILES string of the molecule is CCCCCCCCCCC(CC=S(=O)=O)CCC=S(=O)=O. The summed E-state index contributed by atoms with van der Waals surface area (Å²) in [7, 11) is -4.24. The van der Waals surface area contributed by atoms with Crippen LogP contribution in [0.5, 0.6) is 0 Å². The van der Waals surface area contributed by atoms with Crippen LogP contribution in [0.25, 0.3) is 0 Å². The van der Waals surface area contributed by atoms with E-state index in [0.29, 0.717) is 12.8 Å². The molecule has 1 atom stereocenters. The van der Waals surface area contributed by atoms with Gasteiger partial charge in [0.05, 0.1) is 0 Å². The van der Waals surface area contributed by atoms with E-state index in [1.165, 1.54) is 55.7 Å². The lowest BCUT2D eigenvalue weighted by Gasteiger charge is -2.12. The maximum Gasteiger partial charge on any atom is 0.209 e. The lowest BCUT2D eigenvalue weighted by Crippen LogP contribution is -2.02. The van der Waals surface area contributed by atoms with Gasteiger partial charge in [-0.05, 0) is 25.2 Å². The largest absolute Gasteiger partial charge is 0.209 e. The first-order valence-electron chi connectivity index (χ1n) is 8.39. The van der Waals surface area contributed by atoms with E-state index in [0.717, 1.165) is 19.3 Å². The molecule has 0 aliphatic rings. The van der Waals surface area contributed by atoms with Gasteiger partial charge in [0.2, 0.25) is 20.6 Å². The van der Waals surface area contributed by atoms with Crippen LogP contribution in [0.1, 0.15) is 84.0 Å². The normalized spacial score (nSPS) is 11.9. The molecule has 0 rings (SSSR count). The van der Waals surface area contributed by atoms with Gasteiger partial charge in [0, 0.05) is 10.7 Å². The summed E-state index contributed by atoms with van der Waals surface area (Å²) in [5.41, 5.74) is 0. The second-order valence-corrected chi connectivity index (χ2v) is 7.51. The second kappa shape index (κ2) is 15.3. The zero-order chi connectivity index (χ0) is 16.6. The first kappa shape index (κ1) is 21.4. The smallest absolute Gasteiger partial charge is 0.185 e. The number of hydrogen-bond donors (Lipinski definition) is 0. The lowest BCUT2D eigenvalue weighted by atomic mass is 9.94. The van der Waals surface area contributed by atoms with Gasteiger partial charge in [-0.2, -0.15) is 16.8 Å². The van der Waals surface area contributed by atoms with E-state index in [9.17, 15) is 16.8 Å². The van der Waals surface area contributed by atoms with Crippen molar-refractivity contribution in [3.05, 3.63) is 0 Å². The Kier molecular flexibility index (Phi) is 14.9. The fourth-order valence-electron chi connectivity index (χ4n) is 2.56. The van der Waals surface area contributed by atoms with E-state index < -0.39 is 20.6 Å². The highest BCUT2D eigenvalue weighted by Crippen LogP contribution is 2.19. The van der Waals surface area contributed by atoms with E-state index in [2.05, 4.69) is 6.92 Å². The molecule has 0 saturated carbocycles. The average molecular weight is 351 g/mol. The molecule has 0 fully saturated rings. The average Bonchev–Trinajstić information content (AvgIpc) is 2.46. The molecule has 0 bridgehead atoms. The molecule has 0 N–H and O–H groups in total. The molecule has 0 aromatic rings. The van der Waals surface area contributed by atoms with Crippen LogP contribution in [0, 0.1) is 5.92 Å². The van der Waals surface area contributed by atoms with Crippen molar-refractivity contribution in [2.24, 2.45) is 5.92 Å². The number of unbranched alkanes of at least 4 members (excludes halogenated alkanes) is 7. The van der Waals surface area contributed by atoms with Gasteiger partial charge in [-0.15, -0.1) is 0 Å². The molecular formula is C16H30O4S2. The summed E-state index contributed by atoms with van der Waals surface area (Å²) >= 11 is 0. The van der Waals surface area contributed by atoms with Gasteiger partial charge in [0.1, 0.15) is 0 Å². The summed E-state index contributed by atoms with van der Waals surface area (Å²) < 4.78 is 42.2. The molecule has 0 aromatic carbocycles. The van der Waals surface area contributed by atoms with Crippen LogP contribution in [0.3, 0.4) is 0 Å². The van der Waals surface area contributed by atoms with Gasteiger partial charge in [-0.25, -0.2) is 0 Å². The minimum Gasteiger partial charge on any atom is -0.185 e. The molecule has 0 aromatic heterocycles. The van der Waals surface area contributed by atoms with Crippen LogP contribution in [-0.4, -0.2) is 27.6 Å². The molecule has 22 heavy (non-hydrogen) atoms. The molecule has 0 spiro atoms. The standard InChI is InChI=1S/C16H30O4S2/c1-2-3-4-5-6-7-8-9-11-16(13-15-22(19)20)12-10-14-21(17)18/h14-16H,2-13H2,1H3. The molecule has 0 radical (unpaired) electrons. The Labute approximate surface area is 138 Å². The van der Waals surface area contributed by atoms with Crippen LogP contribution in [-0.2, 0) is 20.6 Å². The summed E-state index contributed by atoms with van der Waals surface area (Å²) in [5, 5.41) is 2.55. The van der Waals surface area contributed by atoms with Gasteiger partial charge in [-0.3, -0.25) is 0 Å². The third-order valence-electron chi connectivity index (χ3n) is 3.86. The first-order chi connectivity index (χ1) is 10.6. The minimum absolute atomic E-state index is 0.262. The first-order valence-corrected chi connectivity index (χ1v) is 10.7. The van der Waals surface area contributed by atoms with E-state index in [-0.39, 0.29) is 5.92 Å². The van der Waals surface area contributed by atoms with E-state index in [1.54, 1.807) is 0 Å². The van der Waals surface area contributed by atoms with Crippen LogP contribution in [0.4, 0.5) is 0 Å². The van der Waals surface area contributed by atoms with Crippen molar-refractivity contribution in [2.75, 3.05) is 0 Å². The topological polar surface area (TPSA) is 68.3 Å². The van der Waals surface area contributed by atoms with E-state index in [4.69, 9.17) is 0 Å². The molecule has 6 heteroatoms. The molecule has 0 amide bonds. The summed E-state index contributed by atoms with van der Waals surface area (Å²) in [5.74, 6) is 0.262. The quantitative estimate of drug-likeness (QED) is 0.354. The maximum atomic E-state index is 10.6. The van der Waals surface area contributed by atoms with Gasteiger partial charge in [0.15, 0.2) is 0 Å². The summed E-state index contributed by atoms with van der Waals surface area (Å²) in [6.07, 6.45) is 12.7. The van der Waals surface area contributed by atoms with Crippen LogP contribution >= 0.6 is 0 Å². The lowest BCUT2D eigenvalue weighted by molar-refractivity contribution is 0.445. The van der Waals surface area contributed by atoms with Crippen molar-refractivity contribution in [2.45, 2.75) is 84.0 Å². The van der Waals surface area contributed by atoms with Crippen molar-refractivity contribution in [3.63, 3.8) is 0 Å². The molecule has 0 saturated heterocycles. The fraction of sp³-hybridized carbons (Fsp3) is 0.875. The predicted molar refractivity (Wildman–Crippen MR) is 94.5 cm³/mol. The Morgan fingerprint density at radius 3 is 1.82 bits per heavy atom. The van der Waals surface area contributed by atoms with Crippen molar-refractivity contribution in [1.82, 2.24) is 0 Å². The Bertz CT molecular complexity index is 502. The van der Waals surface area contributed by atoms with Crippen LogP contribution in [0.2, 0.25) is 0 Å². The Balaban J connectivity index is 3.91. The molecule has 0 heterocycles. The molecule has 130 valence electrons. The second-order valence-electron chi connectivity index (χ2n) is 5.80. The Hall–Kier alpha value is -0.620. The molecule has 1 unspecified atom stereocenters. The van der Waals surface area contributed by atoms with Gasteiger partial charge in [-0.1, -0.05) is 64.7 Å². The van der Waals surface area contributed by atoms with Crippen molar-refractivity contribution in [3.8, 4) is 0 Å².